The van der Waals surface area contributed by atoms with Crippen LogP contribution in [0.4, 0.5) is 26.3 Å². The number of esters is 3. The molecule has 1 atom stereocenters. The summed E-state index contributed by atoms with van der Waals surface area (Å²) in [6.45, 7) is 2.25. The van der Waals surface area contributed by atoms with E-state index in [4.69, 9.17) is 0 Å². The molecule has 0 aliphatic rings. The Morgan fingerprint density at radius 3 is 1.83 bits per heavy atom. The monoisotopic (exact) mass is 368 g/mol. The maximum absolute atomic E-state index is 12.1. The van der Waals surface area contributed by atoms with Crippen LogP contribution in [0.1, 0.15) is 26.7 Å². The van der Waals surface area contributed by atoms with Crippen molar-refractivity contribution in [3.05, 3.63) is 0 Å². The van der Waals surface area contributed by atoms with Crippen molar-refractivity contribution in [2.24, 2.45) is 5.92 Å². The second-order valence-electron chi connectivity index (χ2n) is 4.54. The lowest BCUT2D eigenvalue weighted by molar-refractivity contribution is -0.313. The Labute approximate surface area is 132 Å². The molecule has 0 aromatic rings. The average Bonchev–Trinajstić information content (AvgIpc) is 2.41. The maximum Gasteiger partial charge on any atom is 0.434 e. The number of hydrogen-bond acceptors (Lipinski definition) is 6. The van der Waals surface area contributed by atoms with Crippen LogP contribution in [-0.2, 0) is 28.6 Å². The molecule has 6 nitrogen and oxygen atoms in total. The van der Waals surface area contributed by atoms with Gasteiger partial charge in [0.05, 0.1) is 5.92 Å². The first kappa shape index (κ1) is 22.0. The molecule has 0 N–H and O–H groups in total. The topological polar surface area (TPSA) is 78.9 Å². The van der Waals surface area contributed by atoms with Crippen molar-refractivity contribution in [1.82, 2.24) is 0 Å². The van der Waals surface area contributed by atoms with Gasteiger partial charge in [0.15, 0.2) is 0 Å². The van der Waals surface area contributed by atoms with Crippen LogP contribution in [0.15, 0.2) is 0 Å². The van der Waals surface area contributed by atoms with Crippen LogP contribution in [-0.4, -0.2) is 43.2 Å². The largest absolute Gasteiger partial charge is 0.442 e. The van der Waals surface area contributed by atoms with E-state index >= 15 is 0 Å². The van der Waals surface area contributed by atoms with Crippen LogP contribution in [0.25, 0.3) is 0 Å². The molecular formula is C12H14F6O6. The standard InChI is InChI=1S/C12H14F6O6/c1-3-6(2)9(21)23-5-22-7(19)4-8(20)24-10(11(13,14)15)12(16,17)18/h6,10H,3-5H2,1-2H3. The van der Waals surface area contributed by atoms with Gasteiger partial charge >= 0.3 is 30.3 Å². The zero-order valence-electron chi connectivity index (χ0n) is 12.5. The molecule has 0 heterocycles. The number of hydrogen-bond donors (Lipinski definition) is 0. The molecule has 1 unspecified atom stereocenters. The SMILES string of the molecule is CCC(C)C(=O)OCOC(=O)CC(=O)OC(C(F)(F)F)C(F)(F)F. The Kier molecular flexibility index (Phi) is 8.00. The van der Waals surface area contributed by atoms with Gasteiger partial charge in [0, 0.05) is 0 Å². The van der Waals surface area contributed by atoms with E-state index < -0.39 is 55.5 Å². The van der Waals surface area contributed by atoms with Gasteiger partial charge in [-0.3, -0.25) is 14.4 Å². The van der Waals surface area contributed by atoms with Gasteiger partial charge in [-0.15, -0.1) is 0 Å². The van der Waals surface area contributed by atoms with Crippen molar-refractivity contribution in [1.29, 1.82) is 0 Å². The molecule has 140 valence electrons. The first-order chi connectivity index (χ1) is 10.8. The molecule has 0 amide bonds. The third-order valence-electron chi connectivity index (χ3n) is 2.57. The molecule has 0 aliphatic heterocycles. The lowest BCUT2D eigenvalue weighted by Gasteiger charge is -2.22. The fourth-order valence-electron chi connectivity index (χ4n) is 1.12. The maximum atomic E-state index is 12.1. The average molecular weight is 368 g/mol. The molecule has 0 aliphatic carbocycles. The summed E-state index contributed by atoms with van der Waals surface area (Å²) in [6, 6.07) is 0. The van der Waals surface area contributed by atoms with Crippen molar-refractivity contribution < 1.29 is 54.9 Å². The predicted molar refractivity (Wildman–Crippen MR) is 63.1 cm³/mol. The molecule has 0 rings (SSSR count). The summed E-state index contributed by atoms with van der Waals surface area (Å²) in [6.07, 6.45) is -17.2. The molecule has 12 heteroatoms. The van der Waals surface area contributed by atoms with Gasteiger partial charge < -0.3 is 14.2 Å². The van der Waals surface area contributed by atoms with Gasteiger partial charge in [0.2, 0.25) is 6.79 Å². The zero-order chi connectivity index (χ0) is 19.1. The molecule has 24 heavy (non-hydrogen) atoms. The minimum absolute atomic E-state index is 0.426. The van der Waals surface area contributed by atoms with E-state index in [2.05, 4.69) is 14.2 Å². The predicted octanol–water partition coefficient (Wildman–Crippen LogP) is 2.50. The van der Waals surface area contributed by atoms with E-state index in [1.807, 2.05) is 0 Å². The number of ether oxygens (including phenoxy) is 3. The summed E-state index contributed by atoms with van der Waals surface area (Å²) >= 11 is 0. The van der Waals surface area contributed by atoms with Gasteiger partial charge in [-0.1, -0.05) is 13.8 Å². The third-order valence-corrected chi connectivity index (χ3v) is 2.57. The first-order valence-electron chi connectivity index (χ1n) is 6.44. The second kappa shape index (κ2) is 8.73. The number of halogens is 6. The minimum atomic E-state index is -5.89. The Balaban J connectivity index is 4.41. The molecule has 0 spiro atoms. The molecule has 0 saturated heterocycles. The van der Waals surface area contributed by atoms with Crippen LogP contribution < -0.4 is 0 Å². The number of carbonyl (C=O) groups is 3. The Morgan fingerprint density at radius 2 is 1.42 bits per heavy atom. The van der Waals surface area contributed by atoms with Gasteiger partial charge in [-0.2, -0.15) is 26.3 Å². The lowest BCUT2D eigenvalue weighted by atomic mass is 10.1. The fraction of sp³-hybridized carbons (Fsp3) is 0.750. The minimum Gasteiger partial charge on any atom is -0.442 e. The Bertz CT molecular complexity index is 444. The quantitative estimate of drug-likeness (QED) is 0.297. The summed E-state index contributed by atoms with van der Waals surface area (Å²) in [5.41, 5.74) is 0. The van der Waals surface area contributed by atoms with Gasteiger partial charge in [0.1, 0.15) is 6.42 Å². The molecule has 0 aromatic carbocycles. The first-order valence-corrected chi connectivity index (χ1v) is 6.44. The van der Waals surface area contributed by atoms with E-state index in [9.17, 15) is 40.7 Å². The van der Waals surface area contributed by atoms with Crippen LogP contribution >= 0.6 is 0 Å². The lowest BCUT2D eigenvalue weighted by Crippen LogP contribution is -2.45. The fourth-order valence-corrected chi connectivity index (χ4v) is 1.12. The van der Waals surface area contributed by atoms with Gasteiger partial charge in [-0.25, -0.2) is 0 Å². The second-order valence-corrected chi connectivity index (χ2v) is 4.54. The summed E-state index contributed by atoms with van der Waals surface area (Å²) < 4.78 is 84.7. The molecule has 0 fully saturated rings. The normalized spacial score (nSPS) is 13.4. The highest BCUT2D eigenvalue weighted by Gasteiger charge is 2.59. The summed E-state index contributed by atoms with van der Waals surface area (Å²) in [5.74, 6) is -4.84. The van der Waals surface area contributed by atoms with Gasteiger partial charge in [0.25, 0.3) is 6.10 Å². The molecular weight excluding hydrogens is 354 g/mol. The molecule has 0 bridgehead atoms. The number of carbonyl (C=O) groups excluding carboxylic acids is 3. The molecule has 0 radical (unpaired) electrons. The van der Waals surface area contributed by atoms with E-state index in [-0.39, 0.29) is 0 Å². The van der Waals surface area contributed by atoms with Gasteiger partial charge in [-0.05, 0) is 6.42 Å². The van der Waals surface area contributed by atoms with Crippen LogP contribution in [0.5, 0.6) is 0 Å². The highest BCUT2D eigenvalue weighted by atomic mass is 19.4. The third kappa shape index (κ3) is 8.02. The van der Waals surface area contributed by atoms with E-state index in [1.54, 1.807) is 6.92 Å². The number of rotatable bonds is 7. The Hall–Kier alpha value is -2.01. The highest BCUT2D eigenvalue weighted by molar-refractivity contribution is 5.91. The van der Waals surface area contributed by atoms with Crippen LogP contribution in [0.3, 0.4) is 0 Å². The van der Waals surface area contributed by atoms with Crippen molar-refractivity contribution in [2.45, 2.75) is 45.1 Å². The number of alkyl halides is 6. The smallest absolute Gasteiger partial charge is 0.434 e. The van der Waals surface area contributed by atoms with E-state index in [0.717, 1.165) is 0 Å². The van der Waals surface area contributed by atoms with Crippen molar-refractivity contribution in [3.8, 4) is 0 Å². The zero-order valence-corrected chi connectivity index (χ0v) is 12.5. The molecule has 0 saturated carbocycles. The van der Waals surface area contributed by atoms with Crippen molar-refractivity contribution in [3.63, 3.8) is 0 Å². The summed E-state index contributed by atoms with van der Waals surface area (Å²) in [7, 11) is 0. The Morgan fingerprint density at radius 1 is 0.917 bits per heavy atom. The van der Waals surface area contributed by atoms with Crippen LogP contribution in [0.2, 0.25) is 0 Å². The van der Waals surface area contributed by atoms with Crippen molar-refractivity contribution in [2.75, 3.05) is 6.79 Å². The molecule has 0 aromatic heterocycles. The summed E-state index contributed by atoms with van der Waals surface area (Å²) in [5, 5.41) is 0. The summed E-state index contributed by atoms with van der Waals surface area (Å²) in [4.78, 5) is 33.2. The van der Waals surface area contributed by atoms with E-state index in [1.165, 1.54) is 6.92 Å². The van der Waals surface area contributed by atoms with E-state index in [0.29, 0.717) is 6.42 Å². The van der Waals surface area contributed by atoms with Crippen LogP contribution in [0, 0.1) is 5.92 Å². The van der Waals surface area contributed by atoms with Crippen molar-refractivity contribution >= 4 is 17.9 Å². The highest BCUT2D eigenvalue weighted by Crippen LogP contribution is 2.35.